The van der Waals surface area contributed by atoms with Crippen LogP contribution < -0.4 is 10.6 Å². The van der Waals surface area contributed by atoms with Crippen molar-refractivity contribution in [3.63, 3.8) is 0 Å². The Labute approximate surface area is 168 Å². The number of phenols is 2. The summed E-state index contributed by atoms with van der Waals surface area (Å²) in [6, 6.07) is 10.4. The van der Waals surface area contributed by atoms with Crippen molar-refractivity contribution < 1.29 is 24.9 Å². The molecule has 0 bridgehead atoms. The first-order valence-electron chi connectivity index (χ1n) is 8.89. The highest BCUT2D eigenvalue weighted by Gasteiger charge is 2.16. The number of unbranched alkanes of at least 4 members (excludes halogenated alkanes) is 1. The van der Waals surface area contributed by atoms with E-state index < -0.39 is 17.7 Å². The Morgan fingerprint density at radius 3 is 2.39 bits per heavy atom. The van der Waals surface area contributed by atoms with Gasteiger partial charge in [-0.2, -0.15) is 0 Å². The number of amides is 2. The fourth-order valence-electron chi connectivity index (χ4n) is 2.65. The van der Waals surface area contributed by atoms with Crippen molar-refractivity contribution in [2.45, 2.75) is 25.3 Å². The molecule has 0 fully saturated rings. The number of halogens is 1. The monoisotopic (exact) mass is 406 g/mol. The highest BCUT2D eigenvalue weighted by atomic mass is 35.5. The van der Waals surface area contributed by atoms with Crippen LogP contribution in [-0.2, 0) is 0 Å². The first kappa shape index (κ1) is 21.5. The number of aliphatic hydroxyl groups excluding tert-OH is 1. The van der Waals surface area contributed by atoms with Gasteiger partial charge < -0.3 is 26.0 Å². The topological polar surface area (TPSA) is 119 Å². The van der Waals surface area contributed by atoms with Gasteiger partial charge in [-0.15, -0.1) is 0 Å². The molecule has 1 atom stereocenters. The van der Waals surface area contributed by atoms with Crippen molar-refractivity contribution in [2.24, 2.45) is 0 Å². The van der Waals surface area contributed by atoms with Gasteiger partial charge in [0.2, 0.25) is 0 Å². The summed E-state index contributed by atoms with van der Waals surface area (Å²) in [6.45, 7) is 0.143. The lowest BCUT2D eigenvalue weighted by Gasteiger charge is -2.17. The van der Waals surface area contributed by atoms with E-state index in [0.29, 0.717) is 36.4 Å². The average molecular weight is 407 g/mol. The molecule has 0 saturated carbocycles. The summed E-state index contributed by atoms with van der Waals surface area (Å²) in [6.07, 6.45) is 1.80. The zero-order valence-electron chi connectivity index (χ0n) is 15.2. The lowest BCUT2D eigenvalue weighted by molar-refractivity contribution is 0.0912. The predicted molar refractivity (Wildman–Crippen MR) is 106 cm³/mol. The van der Waals surface area contributed by atoms with Crippen LogP contribution in [0, 0.1) is 0 Å². The van der Waals surface area contributed by atoms with Crippen molar-refractivity contribution in [1.29, 1.82) is 0 Å². The molecule has 150 valence electrons. The summed E-state index contributed by atoms with van der Waals surface area (Å²) < 4.78 is 0. The molecule has 0 aliphatic carbocycles. The van der Waals surface area contributed by atoms with Crippen LogP contribution in [0.4, 0.5) is 0 Å². The SMILES string of the molecule is O=C(N[C@H](CO)CCCCNC(=O)c1cccc(O)c1O)c1ccccc1Cl. The van der Waals surface area contributed by atoms with Gasteiger partial charge in [0.05, 0.1) is 28.8 Å². The van der Waals surface area contributed by atoms with Crippen molar-refractivity contribution in [2.75, 3.05) is 13.2 Å². The van der Waals surface area contributed by atoms with E-state index in [4.69, 9.17) is 11.6 Å². The molecule has 0 spiro atoms. The van der Waals surface area contributed by atoms with Crippen LogP contribution in [0.1, 0.15) is 40.0 Å². The Balaban J connectivity index is 1.74. The van der Waals surface area contributed by atoms with Gasteiger partial charge in [0.25, 0.3) is 11.8 Å². The van der Waals surface area contributed by atoms with E-state index in [0.717, 1.165) is 0 Å². The van der Waals surface area contributed by atoms with Crippen molar-refractivity contribution in [1.82, 2.24) is 10.6 Å². The third-order valence-corrected chi connectivity index (χ3v) is 4.53. The molecule has 8 heteroatoms. The lowest BCUT2D eigenvalue weighted by atomic mass is 10.1. The lowest BCUT2D eigenvalue weighted by Crippen LogP contribution is -2.37. The molecule has 0 saturated heterocycles. The molecule has 2 aromatic rings. The summed E-state index contributed by atoms with van der Waals surface area (Å²) in [7, 11) is 0. The summed E-state index contributed by atoms with van der Waals surface area (Å²) in [5.41, 5.74) is 0.348. The molecule has 2 aromatic carbocycles. The second-order valence-electron chi connectivity index (χ2n) is 6.26. The van der Waals surface area contributed by atoms with Crippen LogP contribution in [0.5, 0.6) is 11.5 Å². The third-order valence-electron chi connectivity index (χ3n) is 4.20. The minimum absolute atomic E-state index is 0.000220. The fourth-order valence-corrected chi connectivity index (χ4v) is 2.87. The molecule has 0 radical (unpaired) electrons. The normalized spacial score (nSPS) is 11.6. The van der Waals surface area contributed by atoms with Crippen LogP contribution in [0.2, 0.25) is 5.02 Å². The van der Waals surface area contributed by atoms with Gasteiger partial charge in [0, 0.05) is 6.54 Å². The zero-order valence-corrected chi connectivity index (χ0v) is 15.9. The molecule has 0 unspecified atom stereocenters. The standard InChI is InChI=1S/C20H23ClN2O5/c21-16-9-2-1-7-14(16)20(28)23-13(12-24)6-3-4-11-22-19(27)15-8-5-10-17(25)18(15)26/h1-2,5,7-10,13,24-26H,3-4,6,11-12H2,(H,22,27)(H,23,28)/t13-/m0/s1. The van der Waals surface area contributed by atoms with E-state index in [-0.39, 0.29) is 23.8 Å². The fraction of sp³-hybridized carbons (Fsp3) is 0.300. The average Bonchev–Trinajstić information content (AvgIpc) is 2.68. The highest BCUT2D eigenvalue weighted by molar-refractivity contribution is 6.33. The van der Waals surface area contributed by atoms with Gasteiger partial charge in [0.1, 0.15) is 0 Å². The Morgan fingerprint density at radius 2 is 1.68 bits per heavy atom. The number of benzene rings is 2. The molecule has 2 rings (SSSR count). The van der Waals surface area contributed by atoms with Gasteiger partial charge in [-0.3, -0.25) is 9.59 Å². The van der Waals surface area contributed by atoms with Gasteiger partial charge in [-0.25, -0.2) is 0 Å². The first-order chi connectivity index (χ1) is 13.4. The van der Waals surface area contributed by atoms with Crippen LogP contribution in [0.25, 0.3) is 0 Å². The molecule has 0 aliphatic heterocycles. The molecule has 0 heterocycles. The van der Waals surface area contributed by atoms with E-state index >= 15 is 0 Å². The van der Waals surface area contributed by atoms with Crippen LogP contribution in [-0.4, -0.2) is 46.3 Å². The highest BCUT2D eigenvalue weighted by Crippen LogP contribution is 2.27. The number of phenolic OH excluding ortho intramolecular Hbond substituents is 2. The van der Waals surface area contributed by atoms with E-state index in [1.807, 2.05) is 0 Å². The number of carbonyl (C=O) groups is 2. The summed E-state index contributed by atoms with van der Waals surface area (Å²) in [4.78, 5) is 24.2. The molecule has 0 aromatic heterocycles. The van der Waals surface area contributed by atoms with Crippen molar-refractivity contribution in [3.05, 3.63) is 58.6 Å². The largest absolute Gasteiger partial charge is 0.504 e. The zero-order chi connectivity index (χ0) is 20.5. The second kappa shape index (κ2) is 10.5. The second-order valence-corrected chi connectivity index (χ2v) is 6.66. The number of nitrogens with one attached hydrogen (secondary N) is 2. The van der Waals surface area contributed by atoms with E-state index in [1.165, 1.54) is 18.2 Å². The number of hydrogen-bond acceptors (Lipinski definition) is 5. The molecule has 2 amide bonds. The number of hydrogen-bond donors (Lipinski definition) is 5. The summed E-state index contributed by atoms with van der Waals surface area (Å²) >= 11 is 6.00. The summed E-state index contributed by atoms with van der Waals surface area (Å²) in [5.74, 6) is -1.65. The Hall–Kier alpha value is -2.77. The molecule has 7 nitrogen and oxygen atoms in total. The predicted octanol–water partition coefficient (Wildman–Crippen LogP) is 2.44. The van der Waals surface area contributed by atoms with Crippen molar-refractivity contribution in [3.8, 4) is 11.5 Å². The molecular formula is C20H23ClN2O5. The van der Waals surface area contributed by atoms with E-state index in [1.54, 1.807) is 24.3 Å². The minimum atomic E-state index is -0.487. The number of aliphatic hydroxyl groups is 1. The molecule has 28 heavy (non-hydrogen) atoms. The number of rotatable bonds is 9. The Kier molecular flexibility index (Phi) is 8.10. The number of para-hydroxylation sites is 1. The van der Waals surface area contributed by atoms with Gasteiger partial charge in [-0.05, 0) is 43.5 Å². The summed E-state index contributed by atoms with van der Waals surface area (Å²) in [5, 5.41) is 34.3. The maximum absolute atomic E-state index is 12.2. The van der Waals surface area contributed by atoms with Crippen LogP contribution in [0.15, 0.2) is 42.5 Å². The van der Waals surface area contributed by atoms with Gasteiger partial charge in [0.15, 0.2) is 11.5 Å². The first-order valence-corrected chi connectivity index (χ1v) is 9.27. The van der Waals surface area contributed by atoms with Gasteiger partial charge in [-0.1, -0.05) is 29.8 Å². The minimum Gasteiger partial charge on any atom is -0.504 e. The molecule has 0 aliphatic rings. The quantitative estimate of drug-likeness (QED) is 0.324. The third kappa shape index (κ3) is 5.87. The Morgan fingerprint density at radius 1 is 0.964 bits per heavy atom. The smallest absolute Gasteiger partial charge is 0.255 e. The van der Waals surface area contributed by atoms with Crippen molar-refractivity contribution >= 4 is 23.4 Å². The van der Waals surface area contributed by atoms with Crippen LogP contribution in [0.3, 0.4) is 0 Å². The molecular weight excluding hydrogens is 384 g/mol. The Bertz CT molecular complexity index is 828. The number of aromatic hydroxyl groups is 2. The molecule has 5 N–H and O–H groups in total. The number of carbonyl (C=O) groups excluding carboxylic acids is 2. The maximum atomic E-state index is 12.2. The van der Waals surface area contributed by atoms with Crippen LogP contribution >= 0.6 is 11.6 Å². The van der Waals surface area contributed by atoms with E-state index in [9.17, 15) is 24.9 Å². The van der Waals surface area contributed by atoms with Gasteiger partial charge >= 0.3 is 0 Å². The van der Waals surface area contributed by atoms with E-state index in [2.05, 4.69) is 10.6 Å². The maximum Gasteiger partial charge on any atom is 0.255 e.